The van der Waals surface area contributed by atoms with E-state index in [1.165, 1.54) is 0 Å². The van der Waals surface area contributed by atoms with Gasteiger partial charge in [-0.15, -0.1) is 0 Å². The molecular formula is C15H18N2O2. The number of ether oxygens (including phenoxy) is 2. The molecule has 100 valence electrons. The van der Waals surface area contributed by atoms with Gasteiger partial charge in [0.1, 0.15) is 0 Å². The Morgan fingerprint density at radius 3 is 2.84 bits per heavy atom. The van der Waals surface area contributed by atoms with Gasteiger partial charge in [0.05, 0.1) is 12.0 Å². The first kappa shape index (κ1) is 12.2. The summed E-state index contributed by atoms with van der Waals surface area (Å²) in [6.45, 7) is 5.60. The lowest BCUT2D eigenvalue weighted by Gasteiger charge is -2.45. The van der Waals surface area contributed by atoms with Crippen molar-refractivity contribution in [1.29, 1.82) is 5.26 Å². The molecule has 3 rings (SSSR count). The van der Waals surface area contributed by atoms with Crippen molar-refractivity contribution in [1.82, 2.24) is 0 Å². The van der Waals surface area contributed by atoms with E-state index in [0.29, 0.717) is 6.79 Å². The Labute approximate surface area is 113 Å². The van der Waals surface area contributed by atoms with Crippen molar-refractivity contribution in [3.8, 4) is 17.6 Å². The summed E-state index contributed by atoms with van der Waals surface area (Å²) in [6.07, 6.45) is 1.83. The van der Waals surface area contributed by atoms with Crippen LogP contribution in [0.25, 0.3) is 0 Å². The van der Waals surface area contributed by atoms with Gasteiger partial charge in [-0.2, -0.15) is 5.26 Å². The third kappa shape index (κ3) is 2.10. The number of hydrogen-bond donors (Lipinski definition) is 0. The van der Waals surface area contributed by atoms with Crippen LogP contribution in [0.3, 0.4) is 0 Å². The normalized spacial score (nSPS) is 24.1. The maximum atomic E-state index is 9.10. The van der Waals surface area contributed by atoms with Gasteiger partial charge in [0.15, 0.2) is 11.5 Å². The number of benzene rings is 1. The predicted molar refractivity (Wildman–Crippen MR) is 72.3 cm³/mol. The van der Waals surface area contributed by atoms with E-state index < -0.39 is 0 Å². The van der Waals surface area contributed by atoms with Crippen LogP contribution in [0.2, 0.25) is 0 Å². The zero-order valence-electron chi connectivity index (χ0n) is 11.3. The van der Waals surface area contributed by atoms with Crippen LogP contribution in [0.4, 0.5) is 5.69 Å². The molecule has 2 aliphatic rings. The Balaban J connectivity index is 1.88. The molecule has 1 atom stereocenters. The Bertz CT molecular complexity index is 533. The van der Waals surface area contributed by atoms with E-state index in [4.69, 9.17) is 14.7 Å². The molecule has 0 amide bonds. The molecule has 2 aliphatic heterocycles. The summed E-state index contributed by atoms with van der Waals surface area (Å²) in [6, 6.07) is 8.47. The summed E-state index contributed by atoms with van der Waals surface area (Å²) in [7, 11) is 0. The zero-order chi connectivity index (χ0) is 13.5. The fraction of sp³-hybridized carbons (Fsp3) is 0.533. The third-order valence-corrected chi connectivity index (χ3v) is 4.03. The van der Waals surface area contributed by atoms with E-state index in [1.54, 1.807) is 0 Å². The first-order valence-corrected chi connectivity index (χ1v) is 6.67. The van der Waals surface area contributed by atoms with Crippen molar-refractivity contribution in [2.45, 2.75) is 32.2 Å². The summed E-state index contributed by atoms with van der Waals surface area (Å²) in [5.74, 6) is 1.80. The lowest BCUT2D eigenvalue weighted by atomic mass is 9.83. The summed E-state index contributed by atoms with van der Waals surface area (Å²) in [5, 5.41) is 9.10. The van der Waals surface area contributed by atoms with Crippen LogP contribution in [0, 0.1) is 17.2 Å². The van der Waals surface area contributed by atoms with Crippen molar-refractivity contribution in [3.05, 3.63) is 18.2 Å². The average Bonchev–Trinajstić information content (AvgIpc) is 2.84. The number of nitriles is 1. The van der Waals surface area contributed by atoms with E-state index in [9.17, 15) is 0 Å². The molecule has 4 heteroatoms. The van der Waals surface area contributed by atoms with Gasteiger partial charge in [-0.25, -0.2) is 0 Å². The molecule has 0 N–H and O–H groups in total. The predicted octanol–water partition coefficient (Wildman–Crippen LogP) is 2.93. The van der Waals surface area contributed by atoms with Crippen molar-refractivity contribution >= 4 is 5.69 Å². The smallest absolute Gasteiger partial charge is 0.231 e. The number of nitrogens with zero attached hydrogens (tertiary/aromatic N) is 2. The molecule has 1 aromatic rings. The molecule has 2 heterocycles. The number of fused-ring (bicyclic) bond motifs is 1. The second kappa shape index (κ2) is 4.34. The minimum atomic E-state index is -0.00759. The average molecular weight is 258 g/mol. The highest BCUT2D eigenvalue weighted by atomic mass is 16.7. The van der Waals surface area contributed by atoms with Crippen molar-refractivity contribution < 1.29 is 9.47 Å². The molecule has 0 spiro atoms. The van der Waals surface area contributed by atoms with Crippen LogP contribution in [-0.4, -0.2) is 18.9 Å². The van der Waals surface area contributed by atoms with Crippen LogP contribution >= 0.6 is 0 Å². The van der Waals surface area contributed by atoms with E-state index >= 15 is 0 Å². The molecule has 1 fully saturated rings. The van der Waals surface area contributed by atoms with E-state index in [-0.39, 0.29) is 11.5 Å². The van der Waals surface area contributed by atoms with Crippen LogP contribution in [0.15, 0.2) is 18.2 Å². The molecule has 19 heavy (non-hydrogen) atoms. The Hall–Kier alpha value is -1.89. The Morgan fingerprint density at radius 2 is 2.11 bits per heavy atom. The molecule has 0 radical (unpaired) electrons. The first-order valence-electron chi connectivity index (χ1n) is 6.67. The lowest BCUT2D eigenvalue weighted by molar-refractivity contribution is 0.174. The molecule has 0 aliphatic carbocycles. The fourth-order valence-electron chi connectivity index (χ4n) is 3.04. The molecule has 0 aromatic heterocycles. The van der Waals surface area contributed by atoms with Crippen molar-refractivity contribution in [2.75, 3.05) is 18.2 Å². The Kier molecular flexibility index (Phi) is 2.78. The number of piperidine rings is 1. The fourth-order valence-corrected chi connectivity index (χ4v) is 3.04. The topological polar surface area (TPSA) is 45.5 Å². The van der Waals surface area contributed by atoms with E-state index in [1.807, 2.05) is 12.1 Å². The van der Waals surface area contributed by atoms with Crippen molar-refractivity contribution in [3.63, 3.8) is 0 Å². The van der Waals surface area contributed by atoms with Gasteiger partial charge < -0.3 is 14.4 Å². The molecule has 0 saturated carbocycles. The highest BCUT2D eigenvalue weighted by Gasteiger charge is 2.35. The summed E-state index contributed by atoms with van der Waals surface area (Å²) in [5.41, 5.74) is 1.14. The van der Waals surface area contributed by atoms with E-state index in [0.717, 1.165) is 36.6 Å². The van der Waals surface area contributed by atoms with Gasteiger partial charge in [-0.1, -0.05) is 0 Å². The highest BCUT2D eigenvalue weighted by Crippen LogP contribution is 2.40. The maximum Gasteiger partial charge on any atom is 0.231 e. The molecule has 1 unspecified atom stereocenters. The van der Waals surface area contributed by atoms with Gasteiger partial charge >= 0.3 is 0 Å². The Morgan fingerprint density at radius 1 is 1.32 bits per heavy atom. The van der Waals surface area contributed by atoms with Crippen LogP contribution < -0.4 is 14.4 Å². The summed E-state index contributed by atoms with van der Waals surface area (Å²) in [4.78, 5) is 2.36. The van der Waals surface area contributed by atoms with Crippen molar-refractivity contribution in [2.24, 2.45) is 5.92 Å². The lowest BCUT2D eigenvalue weighted by Crippen LogP contribution is -2.50. The highest BCUT2D eigenvalue weighted by molar-refractivity contribution is 5.58. The zero-order valence-corrected chi connectivity index (χ0v) is 11.3. The SMILES string of the molecule is CC1(C)CC(C#N)CCN1c1ccc2c(c1)OCO2. The summed E-state index contributed by atoms with van der Waals surface area (Å²) >= 11 is 0. The van der Waals surface area contributed by atoms with Gasteiger partial charge in [-0.3, -0.25) is 0 Å². The van der Waals surface area contributed by atoms with Crippen LogP contribution in [-0.2, 0) is 0 Å². The largest absolute Gasteiger partial charge is 0.454 e. The number of hydrogen-bond acceptors (Lipinski definition) is 4. The van der Waals surface area contributed by atoms with Gasteiger partial charge in [0.25, 0.3) is 0 Å². The summed E-state index contributed by atoms with van der Waals surface area (Å²) < 4.78 is 10.8. The maximum absolute atomic E-state index is 9.10. The minimum absolute atomic E-state index is 0.00759. The number of rotatable bonds is 1. The standard InChI is InChI=1S/C15H18N2O2/c1-15(2)8-11(9-16)5-6-17(15)12-3-4-13-14(7-12)19-10-18-13/h3-4,7,11H,5-6,8,10H2,1-2H3. The third-order valence-electron chi connectivity index (χ3n) is 4.03. The minimum Gasteiger partial charge on any atom is -0.454 e. The molecule has 4 nitrogen and oxygen atoms in total. The second-order valence-electron chi connectivity index (χ2n) is 5.82. The van der Waals surface area contributed by atoms with Gasteiger partial charge in [0, 0.05) is 23.8 Å². The molecule has 0 bridgehead atoms. The van der Waals surface area contributed by atoms with Crippen LogP contribution in [0.5, 0.6) is 11.5 Å². The van der Waals surface area contributed by atoms with E-state index in [2.05, 4.69) is 30.9 Å². The number of anilines is 1. The first-order chi connectivity index (χ1) is 9.10. The van der Waals surface area contributed by atoms with Crippen LogP contribution in [0.1, 0.15) is 26.7 Å². The molecule has 1 aromatic carbocycles. The van der Waals surface area contributed by atoms with Gasteiger partial charge in [-0.05, 0) is 38.8 Å². The quantitative estimate of drug-likeness (QED) is 0.777. The van der Waals surface area contributed by atoms with Gasteiger partial charge in [0.2, 0.25) is 6.79 Å². The molecule has 1 saturated heterocycles. The monoisotopic (exact) mass is 258 g/mol. The molecular weight excluding hydrogens is 240 g/mol. The second-order valence-corrected chi connectivity index (χ2v) is 5.82.